The Labute approximate surface area is 129 Å². The molecule has 0 radical (unpaired) electrons. The highest BCUT2D eigenvalue weighted by molar-refractivity contribution is 9.10. The van der Waals surface area contributed by atoms with Gasteiger partial charge in [0, 0.05) is 10.4 Å². The molecule has 0 saturated heterocycles. The molecule has 0 aliphatic heterocycles. The number of benzene rings is 1. The van der Waals surface area contributed by atoms with Gasteiger partial charge >= 0.3 is 6.18 Å². The normalized spacial score (nSPS) is 22.3. The minimum Gasteiger partial charge on any atom is -0.330 e. The maximum atomic E-state index is 12.7. The standard InChI is InChI=1S/C14H16BrF3N2O/c15-11-5-4-9(14(16,17)18)6-12(11)20-13(21)10-3-1-2-8(10)7-19/h4-6,8,10H,1-3,7,19H2,(H,20,21). The summed E-state index contributed by atoms with van der Waals surface area (Å²) < 4.78 is 38.6. The van der Waals surface area contributed by atoms with E-state index in [1.165, 1.54) is 6.07 Å². The van der Waals surface area contributed by atoms with Crippen LogP contribution in [-0.2, 0) is 11.0 Å². The third kappa shape index (κ3) is 3.77. The molecule has 0 spiro atoms. The van der Waals surface area contributed by atoms with Crippen LogP contribution in [-0.4, -0.2) is 12.5 Å². The van der Waals surface area contributed by atoms with E-state index in [0.29, 0.717) is 11.0 Å². The fourth-order valence-electron chi connectivity index (χ4n) is 2.69. The zero-order valence-corrected chi connectivity index (χ0v) is 12.8. The van der Waals surface area contributed by atoms with Crippen LogP contribution in [0.15, 0.2) is 22.7 Å². The van der Waals surface area contributed by atoms with E-state index in [-0.39, 0.29) is 23.4 Å². The van der Waals surface area contributed by atoms with Crippen LogP contribution in [0.4, 0.5) is 18.9 Å². The number of hydrogen-bond donors (Lipinski definition) is 2. The van der Waals surface area contributed by atoms with Crippen molar-refractivity contribution in [3.8, 4) is 0 Å². The van der Waals surface area contributed by atoms with E-state index in [0.717, 1.165) is 31.4 Å². The molecule has 21 heavy (non-hydrogen) atoms. The number of nitrogens with two attached hydrogens (primary N) is 1. The monoisotopic (exact) mass is 364 g/mol. The topological polar surface area (TPSA) is 55.1 Å². The fourth-order valence-corrected chi connectivity index (χ4v) is 3.03. The maximum Gasteiger partial charge on any atom is 0.416 e. The summed E-state index contributed by atoms with van der Waals surface area (Å²) in [6.07, 6.45) is -1.90. The lowest BCUT2D eigenvalue weighted by molar-refractivity contribution is -0.137. The molecular formula is C14H16BrF3N2O. The molecule has 1 aliphatic rings. The van der Waals surface area contributed by atoms with Crippen LogP contribution in [0.2, 0.25) is 0 Å². The summed E-state index contributed by atoms with van der Waals surface area (Å²) in [5, 5.41) is 2.59. The Balaban J connectivity index is 2.17. The average Bonchev–Trinajstić information content (AvgIpc) is 2.88. The van der Waals surface area contributed by atoms with Crippen LogP contribution in [0.3, 0.4) is 0 Å². The lowest BCUT2D eigenvalue weighted by Gasteiger charge is -2.18. The molecule has 1 fully saturated rings. The molecule has 1 aromatic rings. The molecule has 1 saturated carbocycles. The lowest BCUT2D eigenvalue weighted by atomic mass is 9.95. The molecule has 2 unspecified atom stereocenters. The number of halogens is 4. The molecule has 0 heterocycles. The number of hydrogen-bond acceptors (Lipinski definition) is 2. The number of rotatable bonds is 3. The van der Waals surface area contributed by atoms with Crippen molar-refractivity contribution in [2.75, 3.05) is 11.9 Å². The number of nitrogens with one attached hydrogen (secondary N) is 1. The van der Waals surface area contributed by atoms with Gasteiger partial charge in [-0.2, -0.15) is 13.2 Å². The molecule has 1 aliphatic carbocycles. The number of anilines is 1. The Morgan fingerprint density at radius 2 is 2.10 bits per heavy atom. The largest absolute Gasteiger partial charge is 0.416 e. The SMILES string of the molecule is NCC1CCCC1C(=O)Nc1cc(C(F)(F)F)ccc1Br. The van der Waals surface area contributed by atoms with Crippen LogP contribution in [0, 0.1) is 11.8 Å². The van der Waals surface area contributed by atoms with Gasteiger partial charge in [-0.05, 0) is 59.4 Å². The van der Waals surface area contributed by atoms with E-state index >= 15 is 0 Å². The van der Waals surface area contributed by atoms with Gasteiger partial charge in [0.15, 0.2) is 0 Å². The Morgan fingerprint density at radius 3 is 2.71 bits per heavy atom. The van der Waals surface area contributed by atoms with Crippen molar-refractivity contribution in [1.82, 2.24) is 0 Å². The van der Waals surface area contributed by atoms with E-state index in [1.807, 2.05) is 0 Å². The molecule has 1 amide bonds. The van der Waals surface area contributed by atoms with Crippen LogP contribution in [0.1, 0.15) is 24.8 Å². The van der Waals surface area contributed by atoms with Gasteiger partial charge in [0.25, 0.3) is 0 Å². The van der Waals surface area contributed by atoms with Crippen molar-refractivity contribution in [1.29, 1.82) is 0 Å². The van der Waals surface area contributed by atoms with Crippen LogP contribution < -0.4 is 11.1 Å². The Morgan fingerprint density at radius 1 is 1.38 bits per heavy atom. The summed E-state index contributed by atoms with van der Waals surface area (Å²) in [7, 11) is 0. The van der Waals surface area contributed by atoms with Gasteiger partial charge in [-0.15, -0.1) is 0 Å². The Kier molecular flexibility index (Phi) is 4.93. The quantitative estimate of drug-likeness (QED) is 0.857. The van der Waals surface area contributed by atoms with Crippen LogP contribution in [0.25, 0.3) is 0 Å². The summed E-state index contributed by atoms with van der Waals surface area (Å²) in [5.74, 6) is -0.381. The third-order valence-electron chi connectivity index (χ3n) is 3.85. The average molecular weight is 365 g/mol. The molecule has 7 heteroatoms. The predicted molar refractivity (Wildman–Crippen MR) is 77.7 cm³/mol. The fraction of sp³-hybridized carbons (Fsp3) is 0.500. The summed E-state index contributed by atoms with van der Waals surface area (Å²) in [6, 6.07) is 3.19. The molecule has 3 N–H and O–H groups in total. The van der Waals surface area contributed by atoms with Crippen molar-refractivity contribution in [3.05, 3.63) is 28.2 Å². The Hall–Kier alpha value is -1.08. The number of carbonyl (C=O) groups excluding carboxylic acids is 1. The summed E-state index contributed by atoms with van der Waals surface area (Å²) in [6.45, 7) is 0.418. The lowest BCUT2D eigenvalue weighted by Crippen LogP contribution is -2.30. The highest BCUT2D eigenvalue weighted by Crippen LogP contribution is 2.36. The molecule has 0 bridgehead atoms. The minimum absolute atomic E-state index is 0.106. The summed E-state index contributed by atoms with van der Waals surface area (Å²) in [4.78, 5) is 12.2. The maximum absolute atomic E-state index is 12.7. The van der Waals surface area contributed by atoms with Crippen molar-refractivity contribution in [3.63, 3.8) is 0 Å². The van der Waals surface area contributed by atoms with Gasteiger partial charge in [-0.25, -0.2) is 0 Å². The van der Waals surface area contributed by atoms with E-state index in [2.05, 4.69) is 21.2 Å². The first-order valence-electron chi connectivity index (χ1n) is 6.70. The van der Waals surface area contributed by atoms with Gasteiger partial charge in [0.1, 0.15) is 0 Å². The van der Waals surface area contributed by atoms with Gasteiger partial charge in [0.05, 0.1) is 11.3 Å². The summed E-state index contributed by atoms with van der Waals surface area (Å²) in [5.41, 5.74) is 4.98. The predicted octanol–water partition coefficient (Wildman–Crippen LogP) is 3.78. The van der Waals surface area contributed by atoms with Crippen LogP contribution in [0.5, 0.6) is 0 Å². The highest BCUT2D eigenvalue weighted by atomic mass is 79.9. The molecule has 1 aromatic carbocycles. The van der Waals surface area contributed by atoms with Crippen molar-refractivity contribution in [2.24, 2.45) is 17.6 Å². The zero-order valence-electron chi connectivity index (χ0n) is 11.2. The summed E-state index contributed by atoms with van der Waals surface area (Å²) >= 11 is 3.16. The first-order chi connectivity index (χ1) is 9.82. The third-order valence-corrected chi connectivity index (χ3v) is 4.54. The molecule has 2 rings (SSSR count). The number of alkyl halides is 3. The van der Waals surface area contributed by atoms with Gasteiger partial charge < -0.3 is 11.1 Å². The minimum atomic E-state index is -4.44. The van der Waals surface area contributed by atoms with Crippen molar-refractivity contribution in [2.45, 2.75) is 25.4 Å². The van der Waals surface area contributed by atoms with E-state index < -0.39 is 11.7 Å². The van der Waals surface area contributed by atoms with E-state index in [1.54, 1.807) is 0 Å². The zero-order chi connectivity index (χ0) is 15.6. The van der Waals surface area contributed by atoms with Crippen LogP contribution >= 0.6 is 15.9 Å². The number of amides is 1. The smallest absolute Gasteiger partial charge is 0.330 e. The second-order valence-corrected chi connectivity index (χ2v) is 6.07. The van der Waals surface area contributed by atoms with E-state index in [9.17, 15) is 18.0 Å². The van der Waals surface area contributed by atoms with Crippen molar-refractivity contribution >= 4 is 27.5 Å². The van der Waals surface area contributed by atoms with Gasteiger partial charge in [-0.3, -0.25) is 4.79 Å². The second kappa shape index (κ2) is 6.36. The molecule has 2 atom stereocenters. The molecular weight excluding hydrogens is 349 g/mol. The molecule has 0 aromatic heterocycles. The first-order valence-corrected chi connectivity index (χ1v) is 7.50. The highest BCUT2D eigenvalue weighted by Gasteiger charge is 2.33. The molecule has 116 valence electrons. The Bertz CT molecular complexity index is 533. The van der Waals surface area contributed by atoms with Crippen molar-refractivity contribution < 1.29 is 18.0 Å². The molecule has 3 nitrogen and oxygen atoms in total. The van der Waals surface area contributed by atoms with Gasteiger partial charge in [-0.1, -0.05) is 6.42 Å². The van der Waals surface area contributed by atoms with E-state index in [4.69, 9.17) is 5.73 Å². The first kappa shape index (κ1) is 16.3. The van der Waals surface area contributed by atoms with Gasteiger partial charge in [0.2, 0.25) is 5.91 Å². The number of carbonyl (C=O) groups is 1. The second-order valence-electron chi connectivity index (χ2n) is 5.21.